The summed E-state index contributed by atoms with van der Waals surface area (Å²) < 4.78 is 4.82. The molecule has 5 nitrogen and oxygen atoms in total. The molecule has 0 aliphatic heterocycles. The smallest absolute Gasteiger partial charge is 0.325 e. The third kappa shape index (κ3) is 4.11. The molecule has 0 radical (unpaired) electrons. The molecule has 0 aliphatic carbocycles. The highest BCUT2D eigenvalue weighted by Crippen LogP contribution is 2.08. The lowest BCUT2D eigenvalue weighted by Gasteiger charge is -2.19. The Morgan fingerprint density at radius 3 is 2.68 bits per heavy atom. The van der Waals surface area contributed by atoms with Gasteiger partial charge in [0.2, 0.25) is 0 Å². The summed E-state index contributed by atoms with van der Waals surface area (Å²) in [5.74, 6) is -0.721. The van der Waals surface area contributed by atoms with Crippen molar-refractivity contribution in [1.82, 2.24) is 4.90 Å². The molecule has 0 fully saturated rings. The van der Waals surface area contributed by atoms with Crippen molar-refractivity contribution in [2.24, 2.45) is 0 Å². The third-order valence-corrected chi connectivity index (χ3v) is 2.53. The minimum absolute atomic E-state index is 0.0834. The fraction of sp³-hybridized carbons (Fsp3) is 0.357. The molecule has 100 valence electrons. The van der Waals surface area contributed by atoms with Crippen molar-refractivity contribution < 1.29 is 14.3 Å². The van der Waals surface area contributed by atoms with Gasteiger partial charge in [0, 0.05) is 12.1 Å². The fourth-order valence-electron chi connectivity index (χ4n) is 1.59. The van der Waals surface area contributed by atoms with E-state index in [1.54, 1.807) is 32.0 Å². The van der Waals surface area contributed by atoms with Crippen LogP contribution in [-0.2, 0) is 9.53 Å². The van der Waals surface area contributed by atoms with E-state index in [0.717, 1.165) is 0 Å². The fourth-order valence-corrected chi connectivity index (χ4v) is 1.59. The SMILES string of the molecule is CCOC(=O)CN(CC)C(=O)c1cccc(C#N)c1. The number of nitriles is 1. The van der Waals surface area contributed by atoms with Crippen LogP contribution < -0.4 is 0 Å². The van der Waals surface area contributed by atoms with Gasteiger partial charge in [-0.05, 0) is 32.0 Å². The van der Waals surface area contributed by atoms with Gasteiger partial charge in [0.15, 0.2) is 0 Å². The zero-order chi connectivity index (χ0) is 14.3. The highest BCUT2D eigenvalue weighted by Gasteiger charge is 2.18. The Balaban J connectivity index is 2.83. The van der Waals surface area contributed by atoms with Gasteiger partial charge < -0.3 is 9.64 Å². The second-order valence-corrected chi connectivity index (χ2v) is 3.82. The number of carbonyl (C=O) groups excluding carboxylic acids is 2. The summed E-state index contributed by atoms with van der Waals surface area (Å²) in [6.07, 6.45) is 0. The number of likely N-dealkylation sites (N-methyl/N-ethyl adjacent to an activating group) is 1. The van der Waals surface area contributed by atoms with Crippen molar-refractivity contribution in [1.29, 1.82) is 5.26 Å². The van der Waals surface area contributed by atoms with Crippen LogP contribution in [0.4, 0.5) is 0 Å². The van der Waals surface area contributed by atoms with Crippen molar-refractivity contribution in [3.05, 3.63) is 35.4 Å². The summed E-state index contributed by atoms with van der Waals surface area (Å²) in [6, 6.07) is 8.38. The number of hydrogen-bond acceptors (Lipinski definition) is 4. The molecule has 0 saturated carbocycles. The first-order valence-corrected chi connectivity index (χ1v) is 6.07. The Kier molecular flexibility index (Phi) is 5.55. The van der Waals surface area contributed by atoms with Crippen molar-refractivity contribution in [2.75, 3.05) is 19.7 Å². The molecule has 0 saturated heterocycles. The first kappa shape index (κ1) is 14.7. The number of ether oxygens (including phenoxy) is 1. The van der Waals surface area contributed by atoms with Gasteiger partial charge in [0.1, 0.15) is 6.54 Å². The van der Waals surface area contributed by atoms with E-state index in [0.29, 0.717) is 17.7 Å². The number of benzene rings is 1. The average Bonchev–Trinajstić information content (AvgIpc) is 2.44. The predicted octanol–water partition coefficient (Wildman–Crippen LogP) is 1.58. The number of hydrogen-bond donors (Lipinski definition) is 0. The largest absolute Gasteiger partial charge is 0.465 e. The van der Waals surface area contributed by atoms with Crippen LogP contribution in [0.25, 0.3) is 0 Å². The molecule has 1 amide bonds. The van der Waals surface area contributed by atoms with E-state index >= 15 is 0 Å². The van der Waals surface area contributed by atoms with Gasteiger partial charge in [0.05, 0.1) is 18.2 Å². The van der Waals surface area contributed by atoms with E-state index in [9.17, 15) is 9.59 Å². The first-order valence-electron chi connectivity index (χ1n) is 6.07. The Hall–Kier alpha value is -2.35. The van der Waals surface area contributed by atoms with Gasteiger partial charge >= 0.3 is 5.97 Å². The predicted molar refractivity (Wildman–Crippen MR) is 69.4 cm³/mol. The van der Waals surface area contributed by atoms with Gasteiger partial charge in [-0.2, -0.15) is 5.26 Å². The van der Waals surface area contributed by atoms with Gasteiger partial charge in [-0.15, -0.1) is 0 Å². The highest BCUT2D eigenvalue weighted by molar-refractivity contribution is 5.96. The lowest BCUT2D eigenvalue weighted by molar-refractivity contribution is -0.143. The van der Waals surface area contributed by atoms with E-state index < -0.39 is 5.97 Å². The molecule has 0 aliphatic rings. The van der Waals surface area contributed by atoms with Crippen molar-refractivity contribution in [2.45, 2.75) is 13.8 Å². The first-order chi connectivity index (χ1) is 9.12. The van der Waals surface area contributed by atoms with E-state index in [-0.39, 0.29) is 19.1 Å². The number of nitrogens with zero attached hydrogens (tertiary/aromatic N) is 2. The molecule has 0 aromatic heterocycles. The summed E-state index contributed by atoms with van der Waals surface area (Å²) in [6.45, 7) is 4.10. The topological polar surface area (TPSA) is 70.4 Å². The zero-order valence-corrected chi connectivity index (χ0v) is 11.0. The maximum atomic E-state index is 12.2. The van der Waals surface area contributed by atoms with E-state index in [4.69, 9.17) is 10.00 Å². The van der Waals surface area contributed by atoms with Crippen molar-refractivity contribution in [3.63, 3.8) is 0 Å². The molecule has 0 spiro atoms. The Morgan fingerprint density at radius 1 is 1.37 bits per heavy atom. The van der Waals surface area contributed by atoms with E-state index in [1.165, 1.54) is 11.0 Å². The van der Waals surface area contributed by atoms with Crippen LogP contribution in [0.5, 0.6) is 0 Å². The molecule has 0 heterocycles. The minimum atomic E-state index is -0.436. The molecule has 1 aromatic carbocycles. The standard InChI is InChI=1S/C14H16N2O3/c1-3-16(10-13(17)19-4-2)14(18)12-7-5-6-11(8-12)9-15/h5-8H,3-4,10H2,1-2H3. The van der Waals surface area contributed by atoms with E-state index in [2.05, 4.69) is 0 Å². The summed E-state index contributed by atoms with van der Waals surface area (Å²) in [7, 11) is 0. The summed E-state index contributed by atoms with van der Waals surface area (Å²) >= 11 is 0. The van der Waals surface area contributed by atoms with Crippen LogP contribution in [0.1, 0.15) is 29.8 Å². The lowest BCUT2D eigenvalue weighted by atomic mass is 10.1. The molecule has 1 aromatic rings. The molecule has 0 bridgehead atoms. The summed E-state index contributed by atoms with van der Waals surface area (Å²) in [5, 5.41) is 8.81. The molecule has 0 atom stereocenters. The number of esters is 1. The summed E-state index contributed by atoms with van der Waals surface area (Å²) in [5.41, 5.74) is 0.809. The molecule has 19 heavy (non-hydrogen) atoms. The quantitative estimate of drug-likeness (QED) is 0.754. The van der Waals surface area contributed by atoms with Crippen LogP contribution in [-0.4, -0.2) is 36.5 Å². The summed E-state index contributed by atoms with van der Waals surface area (Å²) in [4.78, 5) is 25.0. The third-order valence-electron chi connectivity index (χ3n) is 2.53. The maximum Gasteiger partial charge on any atom is 0.325 e. The average molecular weight is 260 g/mol. The van der Waals surface area contributed by atoms with Crippen LogP contribution in [0.15, 0.2) is 24.3 Å². The van der Waals surface area contributed by atoms with Crippen LogP contribution >= 0.6 is 0 Å². The molecular weight excluding hydrogens is 244 g/mol. The van der Waals surface area contributed by atoms with E-state index in [1.807, 2.05) is 6.07 Å². The molecular formula is C14H16N2O3. The minimum Gasteiger partial charge on any atom is -0.465 e. The lowest BCUT2D eigenvalue weighted by Crippen LogP contribution is -2.36. The number of carbonyl (C=O) groups is 2. The second kappa shape index (κ2) is 7.17. The van der Waals surface area contributed by atoms with Crippen LogP contribution in [0.2, 0.25) is 0 Å². The number of amides is 1. The Labute approximate surface area is 112 Å². The number of rotatable bonds is 5. The normalized spacial score (nSPS) is 9.53. The Bertz CT molecular complexity index is 506. The van der Waals surface area contributed by atoms with Crippen LogP contribution in [0, 0.1) is 11.3 Å². The van der Waals surface area contributed by atoms with Gasteiger partial charge in [-0.3, -0.25) is 9.59 Å². The second-order valence-electron chi connectivity index (χ2n) is 3.82. The molecule has 0 N–H and O–H groups in total. The maximum absolute atomic E-state index is 12.2. The molecule has 5 heteroatoms. The molecule has 0 unspecified atom stereocenters. The van der Waals surface area contributed by atoms with Gasteiger partial charge in [-0.1, -0.05) is 6.07 Å². The van der Waals surface area contributed by atoms with Crippen LogP contribution in [0.3, 0.4) is 0 Å². The monoisotopic (exact) mass is 260 g/mol. The molecule has 1 rings (SSSR count). The van der Waals surface area contributed by atoms with Gasteiger partial charge in [-0.25, -0.2) is 0 Å². The van der Waals surface area contributed by atoms with Gasteiger partial charge in [0.25, 0.3) is 5.91 Å². The van der Waals surface area contributed by atoms with Crippen molar-refractivity contribution >= 4 is 11.9 Å². The zero-order valence-electron chi connectivity index (χ0n) is 11.0. The van der Waals surface area contributed by atoms with Crippen molar-refractivity contribution in [3.8, 4) is 6.07 Å². The Morgan fingerprint density at radius 2 is 2.11 bits per heavy atom. The highest BCUT2D eigenvalue weighted by atomic mass is 16.5.